The van der Waals surface area contributed by atoms with E-state index in [0.29, 0.717) is 0 Å². The predicted octanol–water partition coefficient (Wildman–Crippen LogP) is 5.34. The third-order valence-corrected chi connectivity index (χ3v) is 3.00. The first kappa shape index (κ1) is 23.2. The van der Waals surface area contributed by atoms with E-state index in [9.17, 15) is 0 Å². The molecule has 0 amide bonds. The predicted molar refractivity (Wildman–Crippen MR) is 99.0 cm³/mol. The summed E-state index contributed by atoms with van der Waals surface area (Å²) in [5, 5.41) is 17.2. The van der Waals surface area contributed by atoms with Crippen LogP contribution in [0.2, 0.25) is 0 Å². The van der Waals surface area contributed by atoms with Crippen molar-refractivity contribution in [1.82, 2.24) is 0 Å². The van der Waals surface area contributed by atoms with E-state index in [1.807, 2.05) is 0 Å². The van der Waals surface area contributed by atoms with Gasteiger partial charge >= 0.3 is 0 Å². The van der Waals surface area contributed by atoms with Gasteiger partial charge in [-0.1, -0.05) is 46.6 Å². The first-order valence-electron chi connectivity index (χ1n) is 8.13. The fourth-order valence-corrected chi connectivity index (χ4v) is 1.55. The molecule has 0 bridgehead atoms. The standard InChI is InChI=1S/2C10H18O/c2*1-9(2)5-4-6-10(3)7-8-11/h2*5-6,11H,4,7-8H2,1-3H3/b10-6+;10-6-. The van der Waals surface area contributed by atoms with Gasteiger partial charge in [-0.15, -0.1) is 0 Å². The Kier molecular flexibility index (Phi) is 17.1. The lowest BCUT2D eigenvalue weighted by molar-refractivity contribution is 0.299. The van der Waals surface area contributed by atoms with E-state index < -0.39 is 0 Å². The molecule has 0 aromatic carbocycles. The van der Waals surface area contributed by atoms with Gasteiger partial charge in [-0.25, -0.2) is 0 Å². The Labute approximate surface area is 138 Å². The minimum absolute atomic E-state index is 0.261. The minimum atomic E-state index is 0.261. The number of hydrogen-bond donors (Lipinski definition) is 2. The molecular formula is C20H36O2. The molecule has 0 spiro atoms. The maximum Gasteiger partial charge on any atom is 0.0468 e. The van der Waals surface area contributed by atoms with E-state index in [1.165, 1.54) is 22.3 Å². The van der Waals surface area contributed by atoms with Gasteiger partial charge in [0.05, 0.1) is 0 Å². The molecule has 0 saturated heterocycles. The zero-order valence-electron chi connectivity index (χ0n) is 15.4. The number of rotatable bonds is 8. The average molecular weight is 309 g/mol. The fraction of sp³-hybridized carbons (Fsp3) is 0.600. The number of aliphatic hydroxyl groups is 2. The molecule has 0 radical (unpaired) electrons. The van der Waals surface area contributed by atoms with Crippen LogP contribution in [0, 0.1) is 0 Å². The minimum Gasteiger partial charge on any atom is -0.396 e. The van der Waals surface area contributed by atoms with Crippen molar-refractivity contribution in [3.05, 3.63) is 46.6 Å². The Morgan fingerprint density at radius 2 is 0.909 bits per heavy atom. The van der Waals surface area contributed by atoms with Gasteiger partial charge in [0.2, 0.25) is 0 Å². The molecule has 2 heteroatoms. The zero-order chi connectivity index (χ0) is 17.4. The van der Waals surface area contributed by atoms with Gasteiger partial charge in [-0.05, 0) is 67.2 Å². The molecule has 0 aliphatic carbocycles. The average Bonchev–Trinajstić information content (AvgIpc) is 2.39. The summed E-state index contributed by atoms with van der Waals surface area (Å²) in [5.74, 6) is 0. The summed E-state index contributed by atoms with van der Waals surface area (Å²) in [5.41, 5.74) is 5.23. The lowest BCUT2D eigenvalue weighted by atomic mass is 10.1. The lowest BCUT2D eigenvalue weighted by Gasteiger charge is -1.95. The molecule has 0 aliphatic rings. The van der Waals surface area contributed by atoms with E-state index in [4.69, 9.17) is 10.2 Å². The van der Waals surface area contributed by atoms with E-state index in [2.05, 4.69) is 65.8 Å². The summed E-state index contributed by atoms with van der Waals surface area (Å²) in [6.07, 6.45) is 12.3. The number of allylic oxidation sites excluding steroid dienone is 6. The Hall–Kier alpha value is -1.12. The molecule has 0 heterocycles. The molecule has 0 rings (SSSR count). The van der Waals surface area contributed by atoms with Crippen molar-refractivity contribution in [3.8, 4) is 0 Å². The molecule has 0 aromatic heterocycles. The lowest BCUT2D eigenvalue weighted by Crippen LogP contribution is -1.83. The third kappa shape index (κ3) is 21.2. The maximum atomic E-state index is 8.59. The van der Waals surface area contributed by atoms with Crippen LogP contribution in [0.25, 0.3) is 0 Å². The van der Waals surface area contributed by atoms with Crippen molar-refractivity contribution in [2.75, 3.05) is 13.2 Å². The van der Waals surface area contributed by atoms with Crippen LogP contribution in [0.1, 0.15) is 67.2 Å². The highest BCUT2D eigenvalue weighted by Gasteiger charge is 1.86. The normalized spacial score (nSPS) is 11.5. The summed E-state index contributed by atoms with van der Waals surface area (Å²) in [4.78, 5) is 0. The molecule has 2 nitrogen and oxygen atoms in total. The van der Waals surface area contributed by atoms with Crippen LogP contribution < -0.4 is 0 Å². The highest BCUT2D eigenvalue weighted by Crippen LogP contribution is 2.03. The topological polar surface area (TPSA) is 40.5 Å². The van der Waals surface area contributed by atoms with Crippen molar-refractivity contribution < 1.29 is 10.2 Å². The smallest absolute Gasteiger partial charge is 0.0468 e. The highest BCUT2D eigenvalue weighted by atomic mass is 16.3. The van der Waals surface area contributed by atoms with Gasteiger partial charge in [0, 0.05) is 13.2 Å². The van der Waals surface area contributed by atoms with Gasteiger partial charge in [0.15, 0.2) is 0 Å². The second kappa shape index (κ2) is 16.3. The largest absolute Gasteiger partial charge is 0.396 e. The van der Waals surface area contributed by atoms with Gasteiger partial charge in [0.1, 0.15) is 0 Å². The van der Waals surface area contributed by atoms with Gasteiger partial charge in [0.25, 0.3) is 0 Å². The van der Waals surface area contributed by atoms with Crippen molar-refractivity contribution in [2.24, 2.45) is 0 Å². The molecule has 0 aliphatic heterocycles. The van der Waals surface area contributed by atoms with E-state index in [0.717, 1.165) is 25.7 Å². The van der Waals surface area contributed by atoms with Crippen LogP contribution in [-0.4, -0.2) is 23.4 Å². The van der Waals surface area contributed by atoms with Gasteiger partial charge < -0.3 is 10.2 Å². The van der Waals surface area contributed by atoms with Crippen molar-refractivity contribution in [1.29, 1.82) is 0 Å². The van der Waals surface area contributed by atoms with Crippen LogP contribution in [0.4, 0.5) is 0 Å². The molecule has 22 heavy (non-hydrogen) atoms. The molecule has 0 atom stereocenters. The zero-order valence-corrected chi connectivity index (χ0v) is 15.4. The summed E-state index contributed by atoms with van der Waals surface area (Å²) in [6.45, 7) is 13.0. The first-order valence-corrected chi connectivity index (χ1v) is 8.13. The van der Waals surface area contributed by atoms with Crippen molar-refractivity contribution in [2.45, 2.75) is 67.2 Å². The van der Waals surface area contributed by atoms with Crippen LogP contribution in [-0.2, 0) is 0 Å². The van der Waals surface area contributed by atoms with Crippen molar-refractivity contribution in [3.63, 3.8) is 0 Å². The van der Waals surface area contributed by atoms with Crippen LogP contribution >= 0.6 is 0 Å². The molecule has 128 valence electrons. The Balaban J connectivity index is 0. The maximum absolute atomic E-state index is 8.59. The summed E-state index contributed by atoms with van der Waals surface area (Å²) in [6, 6.07) is 0. The Morgan fingerprint density at radius 3 is 1.14 bits per heavy atom. The van der Waals surface area contributed by atoms with Crippen LogP contribution in [0.15, 0.2) is 46.6 Å². The summed E-state index contributed by atoms with van der Waals surface area (Å²) < 4.78 is 0. The third-order valence-electron chi connectivity index (χ3n) is 3.00. The monoisotopic (exact) mass is 308 g/mol. The summed E-state index contributed by atoms with van der Waals surface area (Å²) >= 11 is 0. The quantitative estimate of drug-likeness (QED) is 0.594. The highest BCUT2D eigenvalue weighted by molar-refractivity contribution is 5.05. The van der Waals surface area contributed by atoms with Crippen LogP contribution in [0.3, 0.4) is 0 Å². The molecule has 0 saturated carbocycles. The van der Waals surface area contributed by atoms with Crippen LogP contribution in [0.5, 0.6) is 0 Å². The van der Waals surface area contributed by atoms with E-state index in [-0.39, 0.29) is 13.2 Å². The first-order chi connectivity index (χ1) is 10.3. The van der Waals surface area contributed by atoms with Gasteiger partial charge in [-0.2, -0.15) is 0 Å². The van der Waals surface area contributed by atoms with Gasteiger partial charge in [-0.3, -0.25) is 0 Å². The molecule has 0 aromatic rings. The molecule has 0 fully saturated rings. The van der Waals surface area contributed by atoms with Crippen molar-refractivity contribution >= 4 is 0 Å². The number of hydrogen-bond acceptors (Lipinski definition) is 2. The SMILES string of the molecule is CC(C)=CC/C=C(/C)CCO.CC(C)=CC/C=C(\C)CCO. The van der Waals surface area contributed by atoms with E-state index in [1.54, 1.807) is 0 Å². The fourth-order valence-electron chi connectivity index (χ4n) is 1.55. The number of aliphatic hydroxyl groups excluding tert-OH is 2. The summed E-state index contributed by atoms with van der Waals surface area (Å²) in [7, 11) is 0. The second-order valence-corrected chi connectivity index (χ2v) is 6.08. The molecule has 0 unspecified atom stereocenters. The Bertz CT molecular complexity index is 339. The van der Waals surface area contributed by atoms with E-state index >= 15 is 0 Å². The molecule has 2 N–H and O–H groups in total. The second-order valence-electron chi connectivity index (χ2n) is 6.08. The molecular weight excluding hydrogens is 272 g/mol. The Morgan fingerprint density at radius 1 is 0.591 bits per heavy atom.